The lowest BCUT2D eigenvalue weighted by molar-refractivity contribution is 0.103. The zero-order valence-electron chi connectivity index (χ0n) is 11.2. The van der Waals surface area contributed by atoms with E-state index in [2.05, 4.69) is 15.9 Å². The van der Waals surface area contributed by atoms with Crippen LogP contribution in [-0.4, -0.2) is 20.0 Å². The van der Waals surface area contributed by atoms with E-state index in [-0.39, 0.29) is 5.56 Å². The fraction of sp³-hybridized carbons (Fsp3) is 0.133. The topological polar surface area (TPSA) is 35.5 Å². The molecule has 2 rings (SSSR count). The summed E-state index contributed by atoms with van der Waals surface area (Å²) in [7, 11) is 2.85. The SMILES string of the molecule is COc1cc(Br)c(C(=O)c2c(F)cccc2F)cc1OC. The minimum absolute atomic E-state index is 0.0802. The van der Waals surface area contributed by atoms with Crippen molar-refractivity contribution in [2.75, 3.05) is 14.2 Å². The fourth-order valence-electron chi connectivity index (χ4n) is 1.88. The lowest BCUT2D eigenvalue weighted by atomic mass is 10.0. The zero-order valence-corrected chi connectivity index (χ0v) is 12.8. The normalized spacial score (nSPS) is 10.3. The van der Waals surface area contributed by atoms with Gasteiger partial charge in [-0.05, 0) is 40.2 Å². The Kier molecular flexibility index (Phi) is 4.57. The van der Waals surface area contributed by atoms with Gasteiger partial charge in [-0.3, -0.25) is 4.79 Å². The molecule has 110 valence electrons. The van der Waals surface area contributed by atoms with Gasteiger partial charge in [0.2, 0.25) is 0 Å². The third kappa shape index (κ3) is 2.90. The molecule has 0 aromatic heterocycles. The number of hydrogen-bond acceptors (Lipinski definition) is 3. The first kappa shape index (κ1) is 15.4. The highest BCUT2D eigenvalue weighted by Crippen LogP contribution is 2.34. The van der Waals surface area contributed by atoms with Crippen molar-refractivity contribution in [2.24, 2.45) is 0 Å². The number of hydrogen-bond donors (Lipinski definition) is 0. The Labute approximate surface area is 128 Å². The first-order valence-corrected chi connectivity index (χ1v) is 6.69. The van der Waals surface area contributed by atoms with E-state index in [4.69, 9.17) is 9.47 Å². The first-order valence-electron chi connectivity index (χ1n) is 5.89. The van der Waals surface area contributed by atoms with E-state index in [1.165, 1.54) is 32.4 Å². The predicted octanol–water partition coefficient (Wildman–Crippen LogP) is 3.98. The molecule has 0 unspecified atom stereocenters. The third-order valence-corrected chi connectivity index (χ3v) is 3.56. The number of carbonyl (C=O) groups is 1. The zero-order chi connectivity index (χ0) is 15.6. The molecule has 0 N–H and O–H groups in total. The molecule has 0 atom stereocenters. The van der Waals surface area contributed by atoms with Gasteiger partial charge >= 0.3 is 0 Å². The number of rotatable bonds is 4. The van der Waals surface area contributed by atoms with Crippen molar-refractivity contribution < 1.29 is 23.0 Å². The number of ether oxygens (including phenoxy) is 2. The maximum atomic E-state index is 13.7. The van der Waals surface area contributed by atoms with Gasteiger partial charge in [0, 0.05) is 10.0 Å². The number of halogens is 3. The van der Waals surface area contributed by atoms with Gasteiger partial charge < -0.3 is 9.47 Å². The van der Waals surface area contributed by atoms with Gasteiger partial charge in [-0.15, -0.1) is 0 Å². The van der Waals surface area contributed by atoms with Gasteiger partial charge in [-0.2, -0.15) is 0 Å². The fourth-order valence-corrected chi connectivity index (χ4v) is 2.38. The predicted molar refractivity (Wildman–Crippen MR) is 77.0 cm³/mol. The Morgan fingerprint density at radius 1 is 1.05 bits per heavy atom. The van der Waals surface area contributed by atoms with Crippen LogP contribution in [0.2, 0.25) is 0 Å². The van der Waals surface area contributed by atoms with Gasteiger partial charge in [-0.25, -0.2) is 8.78 Å². The van der Waals surface area contributed by atoms with Crippen molar-refractivity contribution in [3.8, 4) is 11.5 Å². The highest BCUT2D eigenvalue weighted by Gasteiger charge is 2.22. The Hall–Kier alpha value is -1.95. The summed E-state index contributed by atoms with van der Waals surface area (Å²) in [6.07, 6.45) is 0. The van der Waals surface area contributed by atoms with Crippen molar-refractivity contribution in [2.45, 2.75) is 0 Å². The van der Waals surface area contributed by atoms with Crippen LogP contribution in [0.25, 0.3) is 0 Å². The summed E-state index contributed by atoms with van der Waals surface area (Å²) in [5.41, 5.74) is -0.526. The third-order valence-electron chi connectivity index (χ3n) is 2.91. The average Bonchev–Trinajstić information content (AvgIpc) is 2.46. The molecular weight excluding hydrogens is 346 g/mol. The minimum atomic E-state index is -0.915. The monoisotopic (exact) mass is 356 g/mol. The van der Waals surface area contributed by atoms with E-state index in [1.54, 1.807) is 0 Å². The highest BCUT2D eigenvalue weighted by molar-refractivity contribution is 9.10. The molecule has 0 aliphatic heterocycles. The van der Waals surface area contributed by atoms with Crippen molar-refractivity contribution >= 4 is 21.7 Å². The van der Waals surface area contributed by atoms with Gasteiger partial charge in [0.25, 0.3) is 0 Å². The standard InChI is InChI=1S/C15H11BrF2O3/c1-20-12-6-8(9(16)7-13(12)21-2)15(19)14-10(17)4-3-5-11(14)18/h3-7H,1-2H3. The molecule has 0 spiro atoms. The Bertz CT molecular complexity index is 681. The van der Waals surface area contributed by atoms with Gasteiger partial charge in [0.15, 0.2) is 17.3 Å². The van der Waals surface area contributed by atoms with Gasteiger partial charge in [0.1, 0.15) is 11.6 Å². The molecule has 0 amide bonds. The quantitative estimate of drug-likeness (QED) is 0.777. The molecule has 0 aliphatic rings. The molecule has 6 heteroatoms. The molecule has 0 saturated carbocycles. The van der Waals surface area contributed by atoms with Crippen LogP contribution >= 0.6 is 15.9 Å². The van der Waals surface area contributed by atoms with Crippen LogP contribution in [0.5, 0.6) is 11.5 Å². The van der Waals surface area contributed by atoms with Crippen LogP contribution in [0.3, 0.4) is 0 Å². The molecule has 2 aromatic carbocycles. The maximum absolute atomic E-state index is 13.7. The molecule has 0 heterocycles. The van der Waals surface area contributed by atoms with Crippen LogP contribution in [0.15, 0.2) is 34.8 Å². The summed E-state index contributed by atoms with van der Waals surface area (Å²) in [5.74, 6) is -1.92. The first-order chi connectivity index (χ1) is 9.99. The van der Waals surface area contributed by atoms with Crippen molar-refractivity contribution in [3.05, 3.63) is 57.6 Å². The molecule has 2 aromatic rings. The molecule has 0 saturated heterocycles. The molecule has 0 bridgehead atoms. The second kappa shape index (κ2) is 6.22. The van der Waals surface area contributed by atoms with Crippen LogP contribution in [-0.2, 0) is 0 Å². The van der Waals surface area contributed by atoms with Crippen LogP contribution in [0.1, 0.15) is 15.9 Å². The molecule has 3 nitrogen and oxygen atoms in total. The van der Waals surface area contributed by atoms with Crippen molar-refractivity contribution in [3.63, 3.8) is 0 Å². The van der Waals surface area contributed by atoms with Crippen LogP contribution < -0.4 is 9.47 Å². The van der Waals surface area contributed by atoms with E-state index >= 15 is 0 Å². The second-order valence-electron chi connectivity index (χ2n) is 4.11. The Morgan fingerprint density at radius 3 is 2.10 bits per heavy atom. The number of carbonyl (C=O) groups excluding carboxylic acids is 1. The van der Waals surface area contributed by atoms with Crippen LogP contribution in [0.4, 0.5) is 8.78 Å². The van der Waals surface area contributed by atoms with Crippen molar-refractivity contribution in [1.29, 1.82) is 0 Å². The lowest BCUT2D eigenvalue weighted by Crippen LogP contribution is -2.09. The maximum Gasteiger partial charge on any atom is 0.200 e. The minimum Gasteiger partial charge on any atom is -0.493 e. The van der Waals surface area contributed by atoms with Gasteiger partial charge in [-0.1, -0.05) is 6.07 Å². The van der Waals surface area contributed by atoms with E-state index in [1.807, 2.05) is 0 Å². The van der Waals surface area contributed by atoms with E-state index in [0.717, 1.165) is 12.1 Å². The molecular formula is C15H11BrF2O3. The Morgan fingerprint density at radius 2 is 1.57 bits per heavy atom. The second-order valence-corrected chi connectivity index (χ2v) is 4.97. The molecule has 0 aliphatic carbocycles. The largest absolute Gasteiger partial charge is 0.493 e. The Balaban J connectivity index is 2.59. The number of benzene rings is 2. The summed E-state index contributed by atoms with van der Waals surface area (Å²) in [6.45, 7) is 0. The average molecular weight is 357 g/mol. The number of methoxy groups -OCH3 is 2. The molecule has 0 fully saturated rings. The lowest BCUT2D eigenvalue weighted by Gasteiger charge is -2.12. The molecule has 21 heavy (non-hydrogen) atoms. The summed E-state index contributed by atoms with van der Waals surface area (Å²) in [6, 6.07) is 6.14. The number of ketones is 1. The smallest absolute Gasteiger partial charge is 0.200 e. The highest BCUT2D eigenvalue weighted by atomic mass is 79.9. The van der Waals surface area contributed by atoms with Crippen LogP contribution in [0, 0.1) is 11.6 Å². The van der Waals surface area contributed by atoms with E-state index < -0.39 is 23.0 Å². The van der Waals surface area contributed by atoms with Crippen molar-refractivity contribution in [1.82, 2.24) is 0 Å². The summed E-state index contributed by atoms with van der Waals surface area (Å²) in [4.78, 5) is 12.4. The summed E-state index contributed by atoms with van der Waals surface area (Å²) >= 11 is 3.20. The van der Waals surface area contributed by atoms with Gasteiger partial charge in [0.05, 0.1) is 19.8 Å². The summed E-state index contributed by atoms with van der Waals surface area (Å²) < 4.78 is 38.0. The molecule has 0 radical (unpaired) electrons. The van der Waals surface area contributed by atoms with E-state index in [0.29, 0.717) is 16.0 Å². The van der Waals surface area contributed by atoms with E-state index in [9.17, 15) is 13.6 Å². The summed E-state index contributed by atoms with van der Waals surface area (Å²) in [5, 5.41) is 0.